The number of carbonyl (C=O) groups is 1. The first kappa shape index (κ1) is 16.0. The third-order valence-electron chi connectivity index (χ3n) is 2.81. The molecular formula is C15H17N5OS. The highest BCUT2D eigenvalue weighted by molar-refractivity contribution is 7.19. The topological polar surface area (TPSA) is 79.6 Å². The second-order valence-corrected chi connectivity index (χ2v) is 5.43. The first-order valence-electron chi connectivity index (χ1n) is 6.76. The van der Waals surface area contributed by atoms with E-state index >= 15 is 0 Å². The Hall–Kier alpha value is -2.41. The molecule has 0 atom stereocenters. The summed E-state index contributed by atoms with van der Waals surface area (Å²) in [5, 5.41) is 4.43. The molecule has 1 N–H and O–H groups in total. The van der Waals surface area contributed by atoms with Gasteiger partial charge in [0, 0.05) is 31.2 Å². The smallest absolute Gasteiger partial charge is 0.232 e. The quantitative estimate of drug-likeness (QED) is 0.696. The minimum atomic E-state index is -0.157. The number of rotatable bonds is 4. The van der Waals surface area contributed by atoms with Crippen LogP contribution in [-0.2, 0) is 4.79 Å². The molecule has 0 bridgehead atoms. The molecule has 7 heteroatoms. The molecule has 0 spiro atoms. The first-order chi connectivity index (χ1) is 10.6. The van der Waals surface area contributed by atoms with Gasteiger partial charge in [0.15, 0.2) is 0 Å². The molecule has 6 nitrogen and oxygen atoms in total. The Balaban J connectivity index is 2.11. The monoisotopic (exact) mass is 315 g/mol. The molecule has 0 saturated carbocycles. The largest absolute Gasteiger partial charge is 0.316 e. The SMILES string of the molecule is CC=NC(CC(=O)Nc1sc(-c2cccnc2)nc1C)=NC. The van der Waals surface area contributed by atoms with Gasteiger partial charge in [-0.1, -0.05) is 11.3 Å². The van der Waals surface area contributed by atoms with Crippen molar-refractivity contribution in [2.45, 2.75) is 20.3 Å². The van der Waals surface area contributed by atoms with E-state index in [2.05, 4.69) is 25.3 Å². The van der Waals surface area contributed by atoms with Crippen LogP contribution < -0.4 is 5.32 Å². The van der Waals surface area contributed by atoms with Crippen molar-refractivity contribution in [2.75, 3.05) is 12.4 Å². The number of aliphatic imine (C=N–C) groups is 2. The molecule has 0 unspecified atom stereocenters. The average molecular weight is 315 g/mol. The number of anilines is 1. The van der Waals surface area contributed by atoms with Crippen LogP contribution in [0.15, 0.2) is 34.5 Å². The third kappa shape index (κ3) is 4.05. The summed E-state index contributed by atoms with van der Waals surface area (Å²) in [5.41, 5.74) is 1.72. The number of aromatic nitrogens is 2. The maximum atomic E-state index is 12.1. The van der Waals surface area contributed by atoms with E-state index in [4.69, 9.17) is 0 Å². The summed E-state index contributed by atoms with van der Waals surface area (Å²) in [6.45, 7) is 3.65. The second-order valence-electron chi connectivity index (χ2n) is 4.43. The average Bonchev–Trinajstić information content (AvgIpc) is 2.88. The van der Waals surface area contributed by atoms with Gasteiger partial charge in [-0.15, -0.1) is 0 Å². The summed E-state index contributed by atoms with van der Waals surface area (Å²) in [6.07, 6.45) is 5.22. The number of hydrogen-bond acceptors (Lipinski definition) is 5. The molecule has 0 aromatic carbocycles. The lowest BCUT2D eigenvalue weighted by Gasteiger charge is -2.02. The number of hydrogen-bond donors (Lipinski definition) is 1. The predicted octanol–water partition coefficient (Wildman–Crippen LogP) is 2.96. The van der Waals surface area contributed by atoms with Crippen LogP contribution in [0.2, 0.25) is 0 Å². The van der Waals surface area contributed by atoms with Crippen LogP contribution in [0.1, 0.15) is 19.0 Å². The zero-order chi connectivity index (χ0) is 15.9. The highest BCUT2D eigenvalue weighted by Gasteiger charge is 2.13. The van der Waals surface area contributed by atoms with Gasteiger partial charge in [0.25, 0.3) is 0 Å². The maximum absolute atomic E-state index is 12.1. The van der Waals surface area contributed by atoms with Crippen molar-refractivity contribution in [3.8, 4) is 10.6 Å². The molecule has 2 aromatic heterocycles. The van der Waals surface area contributed by atoms with Gasteiger partial charge < -0.3 is 5.32 Å². The fourth-order valence-corrected chi connectivity index (χ4v) is 2.74. The van der Waals surface area contributed by atoms with E-state index in [1.165, 1.54) is 11.3 Å². The standard InChI is InChI=1S/C15H17N5OS/c1-4-18-12(16-3)8-13(21)20-14-10(2)19-15(22-14)11-6-5-7-17-9-11/h4-7,9H,8H2,1-3H3,(H,20,21). The van der Waals surface area contributed by atoms with Crippen LogP contribution in [0.25, 0.3) is 10.6 Å². The van der Waals surface area contributed by atoms with Crippen molar-refractivity contribution in [1.29, 1.82) is 0 Å². The van der Waals surface area contributed by atoms with E-state index in [0.717, 1.165) is 21.3 Å². The number of amidine groups is 1. The van der Waals surface area contributed by atoms with Gasteiger partial charge in [-0.2, -0.15) is 0 Å². The summed E-state index contributed by atoms with van der Waals surface area (Å²) < 4.78 is 0. The Morgan fingerprint density at radius 2 is 2.32 bits per heavy atom. The summed E-state index contributed by atoms with van der Waals surface area (Å²) >= 11 is 1.43. The Morgan fingerprint density at radius 1 is 1.50 bits per heavy atom. The summed E-state index contributed by atoms with van der Waals surface area (Å²) in [7, 11) is 1.62. The second kappa shape index (κ2) is 7.56. The lowest BCUT2D eigenvalue weighted by Crippen LogP contribution is -2.15. The molecule has 1 amide bonds. The van der Waals surface area contributed by atoms with E-state index < -0.39 is 0 Å². The fourth-order valence-electron chi connectivity index (χ4n) is 1.77. The molecule has 0 aliphatic heterocycles. The fraction of sp³-hybridized carbons (Fsp3) is 0.267. The van der Waals surface area contributed by atoms with Crippen LogP contribution in [0.3, 0.4) is 0 Å². The first-order valence-corrected chi connectivity index (χ1v) is 7.57. The maximum Gasteiger partial charge on any atom is 0.232 e. The highest BCUT2D eigenvalue weighted by atomic mass is 32.1. The molecule has 2 rings (SSSR count). The molecule has 22 heavy (non-hydrogen) atoms. The van der Waals surface area contributed by atoms with Gasteiger partial charge in [-0.3, -0.25) is 14.8 Å². The number of nitrogens with one attached hydrogen (secondary N) is 1. The normalized spacial score (nSPS) is 11.9. The van der Waals surface area contributed by atoms with Gasteiger partial charge in [-0.05, 0) is 26.0 Å². The van der Waals surface area contributed by atoms with Crippen LogP contribution in [0.5, 0.6) is 0 Å². The number of aryl methyl sites for hydroxylation is 1. The van der Waals surface area contributed by atoms with Crippen molar-refractivity contribution in [3.63, 3.8) is 0 Å². The van der Waals surface area contributed by atoms with Crippen LogP contribution in [0, 0.1) is 6.92 Å². The lowest BCUT2D eigenvalue weighted by atomic mass is 10.3. The highest BCUT2D eigenvalue weighted by Crippen LogP contribution is 2.31. The molecule has 114 valence electrons. The third-order valence-corrected chi connectivity index (χ3v) is 3.93. The van der Waals surface area contributed by atoms with Crippen molar-refractivity contribution in [2.24, 2.45) is 9.98 Å². The van der Waals surface area contributed by atoms with E-state index in [9.17, 15) is 4.79 Å². The van der Waals surface area contributed by atoms with E-state index in [0.29, 0.717) is 5.84 Å². The zero-order valence-corrected chi connectivity index (χ0v) is 13.5. The molecule has 0 aliphatic carbocycles. The zero-order valence-electron chi connectivity index (χ0n) is 12.7. The Bertz CT molecular complexity index is 706. The van der Waals surface area contributed by atoms with Crippen molar-refractivity contribution >= 4 is 34.3 Å². The van der Waals surface area contributed by atoms with Gasteiger partial charge in [-0.25, -0.2) is 9.98 Å². The van der Waals surface area contributed by atoms with Crippen molar-refractivity contribution in [1.82, 2.24) is 9.97 Å². The van der Waals surface area contributed by atoms with E-state index in [1.54, 1.807) is 32.6 Å². The van der Waals surface area contributed by atoms with Crippen molar-refractivity contribution < 1.29 is 4.79 Å². The lowest BCUT2D eigenvalue weighted by molar-refractivity contribution is -0.115. The number of amides is 1. The number of pyridine rings is 1. The summed E-state index contributed by atoms with van der Waals surface area (Å²) in [5.74, 6) is 0.338. The minimum Gasteiger partial charge on any atom is -0.316 e. The molecule has 0 radical (unpaired) electrons. The molecule has 0 fully saturated rings. The minimum absolute atomic E-state index is 0.139. The number of nitrogens with zero attached hydrogens (tertiary/aromatic N) is 4. The van der Waals surface area contributed by atoms with Crippen LogP contribution in [-0.4, -0.2) is 35.0 Å². The molecule has 2 aromatic rings. The van der Waals surface area contributed by atoms with Crippen LogP contribution >= 0.6 is 11.3 Å². The molecule has 0 saturated heterocycles. The van der Waals surface area contributed by atoms with Gasteiger partial charge in [0.1, 0.15) is 15.8 Å². The number of carbonyl (C=O) groups excluding carboxylic acids is 1. The van der Waals surface area contributed by atoms with Crippen molar-refractivity contribution in [3.05, 3.63) is 30.2 Å². The molecule has 0 aliphatic rings. The molecular weight excluding hydrogens is 298 g/mol. The Kier molecular flexibility index (Phi) is 5.48. The summed E-state index contributed by atoms with van der Waals surface area (Å²) in [6, 6.07) is 3.80. The van der Waals surface area contributed by atoms with E-state index in [-0.39, 0.29) is 12.3 Å². The predicted molar refractivity (Wildman–Crippen MR) is 90.9 cm³/mol. The Labute approximate surface area is 133 Å². The Morgan fingerprint density at radius 3 is 2.95 bits per heavy atom. The molecule has 2 heterocycles. The van der Waals surface area contributed by atoms with Gasteiger partial charge in [0.2, 0.25) is 5.91 Å². The van der Waals surface area contributed by atoms with Crippen LogP contribution in [0.4, 0.5) is 5.00 Å². The van der Waals surface area contributed by atoms with Gasteiger partial charge >= 0.3 is 0 Å². The van der Waals surface area contributed by atoms with E-state index in [1.807, 2.05) is 19.1 Å². The van der Waals surface area contributed by atoms with Gasteiger partial charge in [0.05, 0.1) is 12.1 Å². The number of thiazole rings is 1. The summed E-state index contributed by atoms with van der Waals surface area (Å²) in [4.78, 5) is 28.6.